The van der Waals surface area contributed by atoms with Gasteiger partial charge in [0.05, 0.1) is 4.90 Å². The van der Waals surface area contributed by atoms with Crippen LogP contribution in [-0.4, -0.2) is 37.8 Å². The number of thioether (sulfide) groups is 1. The van der Waals surface area contributed by atoms with Gasteiger partial charge in [-0.2, -0.15) is 16.1 Å². The van der Waals surface area contributed by atoms with Gasteiger partial charge in [-0.15, -0.1) is 0 Å². The van der Waals surface area contributed by atoms with E-state index in [-0.39, 0.29) is 12.1 Å². The van der Waals surface area contributed by atoms with Crippen molar-refractivity contribution < 1.29 is 8.42 Å². The molecule has 2 unspecified atom stereocenters. The molecular formula is C15H26N2O2S2. The summed E-state index contributed by atoms with van der Waals surface area (Å²) in [5.74, 6) is 0.792. The highest BCUT2D eigenvalue weighted by atomic mass is 32.2. The monoisotopic (exact) mass is 330 g/mol. The summed E-state index contributed by atoms with van der Waals surface area (Å²) < 4.78 is 27.0. The zero-order valence-electron chi connectivity index (χ0n) is 13.2. The summed E-state index contributed by atoms with van der Waals surface area (Å²) in [5.41, 5.74) is 6.87. The van der Waals surface area contributed by atoms with E-state index < -0.39 is 10.0 Å². The van der Waals surface area contributed by atoms with Crippen LogP contribution in [0.15, 0.2) is 29.2 Å². The van der Waals surface area contributed by atoms with Gasteiger partial charge in [-0.25, -0.2) is 8.42 Å². The van der Waals surface area contributed by atoms with E-state index in [0.29, 0.717) is 4.90 Å². The minimum atomic E-state index is -3.47. The molecule has 0 amide bonds. The van der Waals surface area contributed by atoms with Crippen LogP contribution < -0.4 is 5.73 Å². The highest BCUT2D eigenvalue weighted by molar-refractivity contribution is 7.98. The van der Waals surface area contributed by atoms with Crippen LogP contribution in [-0.2, 0) is 10.0 Å². The second-order valence-electron chi connectivity index (χ2n) is 5.13. The molecule has 0 radical (unpaired) electrons. The number of nitrogens with two attached hydrogens (primary N) is 1. The maximum Gasteiger partial charge on any atom is 0.243 e. The van der Waals surface area contributed by atoms with Crippen LogP contribution in [0, 0.1) is 0 Å². The molecule has 0 bridgehead atoms. The van der Waals surface area contributed by atoms with Gasteiger partial charge in [-0.05, 0) is 36.8 Å². The van der Waals surface area contributed by atoms with Gasteiger partial charge >= 0.3 is 0 Å². The molecule has 0 fully saturated rings. The second-order valence-corrected chi connectivity index (χ2v) is 8.03. The number of sulfonamides is 1. The third-order valence-electron chi connectivity index (χ3n) is 3.75. The minimum Gasteiger partial charge on any atom is -0.324 e. The zero-order chi connectivity index (χ0) is 16.0. The van der Waals surface area contributed by atoms with Crippen LogP contribution in [0.3, 0.4) is 0 Å². The first kappa shape index (κ1) is 18.5. The molecule has 0 aliphatic carbocycles. The van der Waals surface area contributed by atoms with Crippen molar-refractivity contribution in [3.8, 4) is 0 Å². The largest absolute Gasteiger partial charge is 0.324 e. The van der Waals surface area contributed by atoms with E-state index in [0.717, 1.165) is 24.2 Å². The average Bonchev–Trinajstić information content (AvgIpc) is 2.51. The molecule has 1 rings (SSSR count). The molecule has 2 N–H and O–H groups in total. The topological polar surface area (TPSA) is 63.4 Å². The molecule has 4 nitrogen and oxygen atoms in total. The van der Waals surface area contributed by atoms with E-state index in [1.54, 1.807) is 37.0 Å². The van der Waals surface area contributed by atoms with Gasteiger partial charge in [-0.1, -0.05) is 26.0 Å². The highest BCUT2D eigenvalue weighted by Crippen LogP contribution is 2.23. The van der Waals surface area contributed by atoms with Gasteiger partial charge < -0.3 is 5.73 Å². The van der Waals surface area contributed by atoms with Crippen molar-refractivity contribution in [3.05, 3.63) is 29.8 Å². The third-order valence-corrected chi connectivity index (χ3v) is 6.37. The second kappa shape index (κ2) is 8.17. The van der Waals surface area contributed by atoms with E-state index in [4.69, 9.17) is 5.73 Å². The summed E-state index contributed by atoms with van der Waals surface area (Å²) in [6.07, 6.45) is 3.57. The summed E-state index contributed by atoms with van der Waals surface area (Å²) in [6, 6.07) is 6.87. The Morgan fingerprint density at radius 2 is 1.95 bits per heavy atom. The summed E-state index contributed by atoms with van der Waals surface area (Å²) in [4.78, 5) is 0.325. The summed E-state index contributed by atoms with van der Waals surface area (Å²) in [6.45, 7) is 4.00. The van der Waals surface area contributed by atoms with Crippen molar-refractivity contribution in [1.82, 2.24) is 4.31 Å². The molecular weight excluding hydrogens is 304 g/mol. The predicted octanol–water partition coefficient (Wildman–Crippen LogP) is 2.86. The third kappa shape index (κ3) is 4.45. The van der Waals surface area contributed by atoms with Gasteiger partial charge in [0.15, 0.2) is 0 Å². The van der Waals surface area contributed by atoms with Crippen molar-refractivity contribution in [3.63, 3.8) is 0 Å². The van der Waals surface area contributed by atoms with Crippen molar-refractivity contribution >= 4 is 21.8 Å². The lowest BCUT2D eigenvalue weighted by Crippen LogP contribution is -2.38. The van der Waals surface area contributed by atoms with Crippen molar-refractivity contribution in [1.29, 1.82) is 0 Å². The van der Waals surface area contributed by atoms with Crippen molar-refractivity contribution in [2.45, 2.75) is 43.7 Å². The fraction of sp³-hybridized carbons (Fsp3) is 0.600. The number of benzene rings is 1. The number of rotatable bonds is 8. The van der Waals surface area contributed by atoms with Crippen LogP contribution >= 0.6 is 11.8 Å². The first-order chi connectivity index (χ1) is 9.88. The molecule has 0 heterocycles. The van der Waals surface area contributed by atoms with E-state index in [1.807, 2.05) is 26.2 Å². The molecule has 0 saturated heterocycles. The molecule has 0 aliphatic heterocycles. The zero-order valence-corrected chi connectivity index (χ0v) is 14.9. The molecule has 0 aliphatic rings. The van der Waals surface area contributed by atoms with Crippen molar-refractivity contribution in [2.75, 3.05) is 19.1 Å². The average molecular weight is 331 g/mol. The fourth-order valence-corrected chi connectivity index (χ4v) is 4.60. The Morgan fingerprint density at radius 1 is 1.29 bits per heavy atom. The Hall–Kier alpha value is -0.560. The van der Waals surface area contributed by atoms with E-state index >= 15 is 0 Å². The molecule has 6 heteroatoms. The molecule has 2 atom stereocenters. The first-order valence-corrected chi connectivity index (χ1v) is 10.0. The first-order valence-electron chi connectivity index (χ1n) is 7.20. The van der Waals surface area contributed by atoms with Gasteiger partial charge in [0, 0.05) is 24.9 Å². The SMILES string of the molecule is CCC(N)c1cccc(S(=O)(=O)N(C)C(CC)CSC)c1. The maximum atomic E-state index is 12.7. The smallest absolute Gasteiger partial charge is 0.243 e. The van der Waals surface area contributed by atoms with Crippen LogP contribution in [0.25, 0.3) is 0 Å². The quantitative estimate of drug-likeness (QED) is 0.796. The normalized spacial score (nSPS) is 15.1. The summed E-state index contributed by atoms with van der Waals surface area (Å²) in [7, 11) is -1.81. The number of nitrogens with zero attached hydrogens (tertiary/aromatic N) is 1. The van der Waals surface area contributed by atoms with Crippen LogP contribution in [0.5, 0.6) is 0 Å². The molecule has 0 spiro atoms. The predicted molar refractivity (Wildman–Crippen MR) is 91.1 cm³/mol. The maximum absolute atomic E-state index is 12.7. The van der Waals surface area contributed by atoms with E-state index in [2.05, 4.69) is 0 Å². The molecule has 120 valence electrons. The Morgan fingerprint density at radius 3 is 2.48 bits per heavy atom. The molecule has 0 aromatic heterocycles. The van der Waals surface area contributed by atoms with Crippen LogP contribution in [0.2, 0.25) is 0 Å². The van der Waals surface area contributed by atoms with Gasteiger partial charge in [0.1, 0.15) is 0 Å². The Labute approximate surface area is 133 Å². The van der Waals surface area contributed by atoms with Gasteiger partial charge in [0.2, 0.25) is 10.0 Å². The summed E-state index contributed by atoms with van der Waals surface area (Å²) in [5, 5.41) is 0. The molecule has 0 saturated carbocycles. The van der Waals surface area contributed by atoms with E-state index in [1.165, 1.54) is 4.31 Å². The Bertz CT molecular complexity index is 546. The minimum absolute atomic E-state index is 0.00787. The lowest BCUT2D eigenvalue weighted by Gasteiger charge is -2.26. The highest BCUT2D eigenvalue weighted by Gasteiger charge is 2.27. The number of hydrogen-bond donors (Lipinski definition) is 1. The van der Waals surface area contributed by atoms with Crippen LogP contribution in [0.4, 0.5) is 0 Å². The molecule has 1 aromatic carbocycles. The Kier molecular flexibility index (Phi) is 7.20. The lowest BCUT2D eigenvalue weighted by molar-refractivity contribution is 0.385. The van der Waals surface area contributed by atoms with E-state index in [9.17, 15) is 8.42 Å². The standard InChI is InChI=1S/C15H26N2O2S2/c1-5-13(11-20-4)17(3)21(18,19)14-9-7-8-12(10-14)15(16)6-2/h7-10,13,15H,5-6,11,16H2,1-4H3. The molecule has 21 heavy (non-hydrogen) atoms. The number of hydrogen-bond acceptors (Lipinski definition) is 4. The van der Waals surface area contributed by atoms with Crippen LogP contribution in [0.1, 0.15) is 38.3 Å². The van der Waals surface area contributed by atoms with Gasteiger partial charge in [-0.3, -0.25) is 0 Å². The van der Waals surface area contributed by atoms with Gasteiger partial charge in [0.25, 0.3) is 0 Å². The summed E-state index contributed by atoms with van der Waals surface area (Å²) >= 11 is 1.66. The lowest BCUT2D eigenvalue weighted by atomic mass is 10.1. The van der Waals surface area contributed by atoms with Crippen molar-refractivity contribution in [2.24, 2.45) is 5.73 Å². The fourth-order valence-electron chi connectivity index (χ4n) is 2.18. The Balaban J connectivity index is 3.12. The molecule has 1 aromatic rings.